The molecule has 2 aromatic heterocycles. The molecule has 4 aliphatic rings. The molecule has 0 radical (unpaired) electrons. The van der Waals surface area contributed by atoms with Crippen molar-refractivity contribution in [3.63, 3.8) is 0 Å². The number of imidazole rings is 1. The van der Waals surface area contributed by atoms with E-state index in [0.29, 0.717) is 40.3 Å². The maximum Gasteiger partial charge on any atom is 0.340 e. The van der Waals surface area contributed by atoms with E-state index in [1.54, 1.807) is 12.1 Å². The minimum absolute atomic E-state index is 0.0877. The van der Waals surface area contributed by atoms with E-state index < -0.39 is 13.7 Å². The van der Waals surface area contributed by atoms with E-state index in [1.807, 2.05) is 30.3 Å². The van der Waals surface area contributed by atoms with Crippen LogP contribution in [0.3, 0.4) is 0 Å². The molecule has 12 nitrogen and oxygen atoms in total. The molecule has 0 bridgehead atoms. The molecule has 6 aromatic rings. The van der Waals surface area contributed by atoms with Crippen molar-refractivity contribution in [3.05, 3.63) is 124 Å². The number of amides is 1. The summed E-state index contributed by atoms with van der Waals surface area (Å²) in [6.45, 7) is 9.59. The highest BCUT2D eigenvalue weighted by atomic mass is 28.3. The van der Waals surface area contributed by atoms with Crippen molar-refractivity contribution >= 4 is 58.8 Å². The topological polar surface area (TPSA) is 152 Å². The number of benzene rings is 4. The third kappa shape index (κ3) is 5.28. The molecule has 0 unspecified atom stereocenters. The third-order valence-electron chi connectivity index (χ3n) is 11.8. The molecule has 2 saturated heterocycles. The van der Waals surface area contributed by atoms with Gasteiger partial charge in [0.05, 0.1) is 11.9 Å². The Kier molecular flexibility index (Phi) is 7.53. The smallest absolute Gasteiger partial charge is 0.340 e. The zero-order chi connectivity index (χ0) is 37.5. The molecule has 0 atom stereocenters. The van der Waals surface area contributed by atoms with Crippen LogP contribution in [0.1, 0.15) is 61.4 Å². The molecule has 1 spiro atoms. The number of nitrogens with one attached hydrogen (secondary N) is 2. The second kappa shape index (κ2) is 12.4. The number of nitrogens with two attached hydrogens (primary N) is 1. The van der Waals surface area contributed by atoms with Crippen molar-refractivity contribution in [1.82, 2.24) is 25.3 Å². The average molecular weight is 749 g/mol. The first-order chi connectivity index (χ1) is 26.7. The molecule has 2 fully saturated rings. The molecule has 1 amide bonds. The van der Waals surface area contributed by atoms with Gasteiger partial charge in [-0.05, 0) is 76.8 Å². The lowest BCUT2D eigenvalue weighted by Gasteiger charge is -2.45. The Hall–Kier alpha value is -6.21. The average Bonchev–Trinajstić information content (AvgIpc) is 3.73. The van der Waals surface area contributed by atoms with Crippen LogP contribution in [0, 0.1) is 0 Å². The van der Waals surface area contributed by atoms with Gasteiger partial charge in [0.25, 0.3) is 5.91 Å². The number of nitrogens with zero attached hydrogens (tertiary/aromatic N) is 5. The van der Waals surface area contributed by atoms with Gasteiger partial charge in [0.15, 0.2) is 11.2 Å². The number of H-pyrrole nitrogens is 1. The first-order valence-corrected chi connectivity index (χ1v) is 21.8. The number of ether oxygens (including phenoxy) is 2. The summed E-state index contributed by atoms with van der Waals surface area (Å²) >= 11 is 0. The number of nitrogen functional groups attached to an aromatic ring is 1. The van der Waals surface area contributed by atoms with Gasteiger partial charge in [0.2, 0.25) is 11.8 Å². The number of hydrogen-bond acceptors (Lipinski definition) is 10. The molecular formula is C42H40N8O4Si. The van der Waals surface area contributed by atoms with Crippen molar-refractivity contribution < 1.29 is 19.1 Å². The number of hydrogen-bond donors (Lipinski definition) is 3. The van der Waals surface area contributed by atoms with E-state index in [1.165, 1.54) is 40.9 Å². The zero-order valence-electron chi connectivity index (χ0n) is 30.7. The van der Waals surface area contributed by atoms with Gasteiger partial charge >= 0.3 is 5.97 Å². The normalized spacial score (nSPS) is 17.2. The van der Waals surface area contributed by atoms with Crippen LogP contribution in [-0.2, 0) is 23.5 Å². The van der Waals surface area contributed by atoms with Gasteiger partial charge < -0.3 is 35.3 Å². The minimum atomic E-state index is -2.27. The summed E-state index contributed by atoms with van der Waals surface area (Å²) in [6, 6.07) is 26.5. The largest absolute Gasteiger partial charge is 0.471 e. The first kappa shape index (κ1) is 33.4. The highest BCUT2D eigenvalue weighted by molar-refractivity contribution is 7.01. The molecule has 4 N–H and O–H groups in total. The molecular weight excluding hydrogens is 709 g/mol. The van der Waals surface area contributed by atoms with Crippen molar-refractivity contribution in [2.75, 3.05) is 41.7 Å². The van der Waals surface area contributed by atoms with Crippen LogP contribution in [0.4, 0.5) is 17.3 Å². The fraction of sp³-hybridized carbons (Fsp3) is 0.262. The van der Waals surface area contributed by atoms with Crippen LogP contribution in [0.15, 0.2) is 85.2 Å². The molecule has 13 heteroatoms. The van der Waals surface area contributed by atoms with E-state index in [-0.39, 0.29) is 24.4 Å². The van der Waals surface area contributed by atoms with Gasteiger partial charge in [0, 0.05) is 66.4 Å². The number of fused-ring (bicyclic) bond motifs is 7. The quantitative estimate of drug-likeness (QED) is 0.150. The molecule has 55 heavy (non-hydrogen) atoms. The maximum atomic E-state index is 13.8. The molecule has 0 saturated carbocycles. The third-order valence-corrected chi connectivity index (χ3v) is 15.3. The van der Waals surface area contributed by atoms with Crippen LogP contribution in [0.25, 0.3) is 11.2 Å². The van der Waals surface area contributed by atoms with E-state index in [2.05, 4.69) is 84.5 Å². The summed E-state index contributed by atoms with van der Waals surface area (Å²) in [5.74, 6) is -0.190. The van der Waals surface area contributed by atoms with Gasteiger partial charge in [-0.3, -0.25) is 4.79 Å². The van der Waals surface area contributed by atoms with Crippen LogP contribution in [-0.4, -0.2) is 66.1 Å². The Morgan fingerprint density at radius 1 is 0.873 bits per heavy atom. The number of aromatic amines is 1. The lowest BCUT2D eigenvalue weighted by atomic mass is 9.78. The lowest BCUT2D eigenvalue weighted by molar-refractivity contribution is 0.0255. The fourth-order valence-electron chi connectivity index (χ4n) is 8.47. The monoisotopic (exact) mass is 748 g/mol. The van der Waals surface area contributed by atoms with Crippen LogP contribution in [0.5, 0.6) is 5.88 Å². The Labute approximate surface area is 318 Å². The Balaban J connectivity index is 0.942. The van der Waals surface area contributed by atoms with E-state index in [9.17, 15) is 9.59 Å². The number of esters is 1. The van der Waals surface area contributed by atoms with Crippen molar-refractivity contribution in [1.29, 1.82) is 0 Å². The SMILES string of the molecule is C[Si]1(C)c2cc(N3CCC3)ccc2C2(OC(=O)c3ccc(C(=O)NCc4ccc(COc5nc(N)nc6nc[nH]c56)cc4)cc32)c2ccc(N3CCC3)cc21. The van der Waals surface area contributed by atoms with Crippen molar-refractivity contribution in [3.8, 4) is 5.88 Å². The number of carbonyl (C=O) groups is 2. The van der Waals surface area contributed by atoms with Crippen LogP contribution in [0.2, 0.25) is 13.1 Å². The second-order valence-electron chi connectivity index (χ2n) is 15.4. The summed E-state index contributed by atoms with van der Waals surface area (Å²) in [5.41, 5.74) is 13.6. The predicted octanol–water partition coefficient (Wildman–Crippen LogP) is 4.46. The fourth-order valence-corrected chi connectivity index (χ4v) is 11.6. The predicted molar refractivity (Wildman–Crippen MR) is 213 cm³/mol. The van der Waals surface area contributed by atoms with Gasteiger partial charge in [0.1, 0.15) is 20.2 Å². The zero-order valence-corrected chi connectivity index (χ0v) is 31.7. The van der Waals surface area contributed by atoms with Crippen molar-refractivity contribution in [2.45, 2.75) is 44.7 Å². The lowest BCUT2D eigenvalue weighted by Crippen LogP contribution is -2.63. The second-order valence-corrected chi connectivity index (χ2v) is 19.7. The van der Waals surface area contributed by atoms with Crippen molar-refractivity contribution in [2.24, 2.45) is 0 Å². The van der Waals surface area contributed by atoms with E-state index >= 15 is 0 Å². The van der Waals surface area contributed by atoms with E-state index in [4.69, 9.17) is 15.2 Å². The molecule has 10 rings (SSSR count). The number of aromatic nitrogens is 4. The summed E-state index contributed by atoms with van der Waals surface area (Å²) < 4.78 is 12.6. The summed E-state index contributed by atoms with van der Waals surface area (Å²) in [4.78, 5) is 47.9. The molecule has 4 aliphatic heterocycles. The Morgan fingerprint density at radius 3 is 2.16 bits per heavy atom. The van der Waals surface area contributed by atoms with Gasteiger partial charge in [-0.2, -0.15) is 9.97 Å². The number of anilines is 3. The highest BCUT2D eigenvalue weighted by Gasteiger charge is 2.56. The van der Waals surface area contributed by atoms with Gasteiger partial charge in [-0.25, -0.2) is 9.78 Å². The number of rotatable bonds is 8. The van der Waals surface area contributed by atoms with Crippen LogP contribution < -0.4 is 36.0 Å². The standard InChI is InChI=1S/C42H40N8O4Si/c1-55(2)34-20-28(49-15-3-16-49)10-13-31(34)42(32-14-11-29(21-35(32)55)50-17-4-18-50)33-19-27(9-12-30(33)40(52)54-42)38(51)44-22-25-5-7-26(8-6-25)23-53-39-36-37(46-24-45-36)47-41(43)48-39/h5-14,19-21,24H,3-4,15-18,22-23H2,1-2H3,(H,44,51)(H3,43,45,46,47,48). The molecule has 6 heterocycles. The Morgan fingerprint density at radius 2 is 1.53 bits per heavy atom. The number of carbonyl (C=O) groups excluding carboxylic acids is 2. The van der Waals surface area contributed by atoms with Crippen LogP contribution >= 0.6 is 0 Å². The Bertz CT molecular complexity index is 2480. The summed E-state index contributed by atoms with van der Waals surface area (Å²) in [5, 5.41) is 5.62. The summed E-state index contributed by atoms with van der Waals surface area (Å²) in [7, 11) is -2.27. The summed E-state index contributed by atoms with van der Waals surface area (Å²) in [6.07, 6.45) is 3.90. The van der Waals surface area contributed by atoms with Gasteiger partial charge in [-0.1, -0.05) is 49.5 Å². The minimum Gasteiger partial charge on any atom is -0.471 e. The van der Waals surface area contributed by atoms with E-state index in [0.717, 1.165) is 48.4 Å². The molecule has 276 valence electrons. The highest BCUT2D eigenvalue weighted by Crippen LogP contribution is 2.50. The molecule has 0 aliphatic carbocycles. The first-order valence-electron chi connectivity index (χ1n) is 18.8. The molecule has 4 aromatic carbocycles. The maximum absolute atomic E-state index is 13.8. The van der Waals surface area contributed by atoms with Gasteiger partial charge in [-0.15, -0.1) is 0 Å².